The fourth-order valence-corrected chi connectivity index (χ4v) is 4.02. The molecule has 0 aromatic heterocycles. The molecule has 2 aromatic rings. The summed E-state index contributed by atoms with van der Waals surface area (Å²) in [6, 6.07) is 12.3. The second-order valence-electron chi connectivity index (χ2n) is 7.81. The Balaban J connectivity index is 1.60. The van der Waals surface area contributed by atoms with Gasteiger partial charge in [-0.2, -0.15) is 0 Å². The molecule has 1 fully saturated rings. The maximum absolute atomic E-state index is 12.9. The summed E-state index contributed by atoms with van der Waals surface area (Å²) in [4.78, 5) is 16.3. The number of methoxy groups -OCH3 is 2. The number of rotatable bonds is 6. The van der Waals surface area contributed by atoms with E-state index in [0.29, 0.717) is 28.0 Å². The van der Waals surface area contributed by atoms with Crippen LogP contribution in [0.3, 0.4) is 0 Å². The van der Waals surface area contributed by atoms with Crippen molar-refractivity contribution in [1.82, 2.24) is 4.90 Å². The lowest BCUT2D eigenvalue weighted by atomic mass is 10.0. The minimum atomic E-state index is -0.0202. The number of hydrogen-bond acceptors (Lipinski definition) is 3. The summed E-state index contributed by atoms with van der Waals surface area (Å²) in [7, 11) is 3.07. The van der Waals surface area contributed by atoms with Crippen LogP contribution >= 0.6 is 11.6 Å². The van der Waals surface area contributed by atoms with E-state index in [4.69, 9.17) is 21.1 Å². The zero-order chi connectivity index (χ0) is 21.0. The van der Waals surface area contributed by atoms with Crippen molar-refractivity contribution in [3.63, 3.8) is 0 Å². The standard InChI is InChI=1S/C23H29ClN2O3/c1-16(2)18-7-5-17(6-8-18)15-25-9-11-26(12-10-25)23(27)19-13-20(24)22(29-4)21(14-19)28-3/h5-8,13-14,16H,9-12,15H2,1-4H3/p+1. The highest BCUT2D eigenvalue weighted by Gasteiger charge is 2.26. The Morgan fingerprint density at radius 1 is 1.10 bits per heavy atom. The zero-order valence-corrected chi connectivity index (χ0v) is 18.4. The Hall–Kier alpha value is -2.24. The first-order valence-corrected chi connectivity index (χ1v) is 10.4. The molecule has 1 aliphatic rings. The van der Waals surface area contributed by atoms with E-state index in [1.165, 1.54) is 30.2 Å². The number of nitrogens with zero attached hydrogens (tertiary/aromatic N) is 1. The number of nitrogens with one attached hydrogen (secondary N) is 1. The average molecular weight is 418 g/mol. The Bertz CT molecular complexity index is 844. The summed E-state index contributed by atoms with van der Waals surface area (Å²) >= 11 is 6.26. The number of carbonyl (C=O) groups excluding carboxylic acids is 1. The van der Waals surface area contributed by atoms with Crippen molar-refractivity contribution in [2.45, 2.75) is 26.3 Å². The van der Waals surface area contributed by atoms with Gasteiger partial charge in [-0.05, 0) is 23.6 Å². The zero-order valence-electron chi connectivity index (χ0n) is 17.6. The molecule has 3 rings (SSSR count). The van der Waals surface area contributed by atoms with E-state index in [9.17, 15) is 4.79 Å². The van der Waals surface area contributed by atoms with Crippen LogP contribution < -0.4 is 14.4 Å². The molecule has 2 aromatic carbocycles. The van der Waals surface area contributed by atoms with Crippen molar-refractivity contribution in [1.29, 1.82) is 0 Å². The molecule has 1 heterocycles. The number of halogens is 1. The topological polar surface area (TPSA) is 43.2 Å². The van der Waals surface area contributed by atoms with E-state index in [2.05, 4.69) is 38.1 Å². The van der Waals surface area contributed by atoms with Gasteiger partial charge in [-0.1, -0.05) is 49.7 Å². The SMILES string of the molecule is COc1cc(C(=O)N2CC[NH+](Cc3ccc(C(C)C)cc3)CC2)cc(Cl)c1OC. The highest BCUT2D eigenvalue weighted by atomic mass is 35.5. The summed E-state index contributed by atoms with van der Waals surface area (Å²) in [6.45, 7) is 8.72. The number of ether oxygens (including phenoxy) is 2. The van der Waals surface area contributed by atoms with E-state index < -0.39 is 0 Å². The first-order valence-electron chi connectivity index (χ1n) is 10.1. The highest BCUT2D eigenvalue weighted by molar-refractivity contribution is 6.32. The lowest BCUT2D eigenvalue weighted by molar-refractivity contribution is -0.917. The molecular formula is C23H30ClN2O3+. The van der Waals surface area contributed by atoms with Gasteiger partial charge in [-0.25, -0.2) is 0 Å². The first kappa shape index (κ1) is 21.5. The Labute approximate surface area is 178 Å². The minimum absolute atomic E-state index is 0.0202. The normalized spacial score (nSPS) is 14.9. The molecule has 1 N–H and O–H groups in total. The van der Waals surface area contributed by atoms with Crippen molar-refractivity contribution in [2.75, 3.05) is 40.4 Å². The number of amides is 1. The van der Waals surface area contributed by atoms with Crippen molar-refractivity contribution < 1.29 is 19.2 Å². The van der Waals surface area contributed by atoms with Crippen molar-refractivity contribution in [3.05, 3.63) is 58.1 Å². The molecule has 0 saturated carbocycles. The quantitative estimate of drug-likeness (QED) is 0.785. The summed E-state index contributed by atoms with van der Waals surface area (Å²) in [5, 5.41) is 0.379. The molecule has 5 nitrogen and oxygen atoms in total. The molecule has 0 spiro atoms. The number of benzene rings is 2. The lowest BCUT2D eigenvalue weighted by Crippen LogP contribution is -3.13. The van der Waals surface area contributed by atoms with Gasteiger partial charge < -0.3 is 19.3 Å². The van der Waals surface area contributed by atoms with Crippen LogP contribution in [-0.2, 0) is 6.54 Å². The second-order valence-corrected chi connectivity index (χ2v) is 8.22. The third kappa shape index (κ3) is 5.03. The van der Waals surface area contributed by atoms with Crippen LogP contribution in [0.15, 0.2) is 36.4 Å². The second kappa shape index (κ2) is 9.51. The number of piperazine rings is 1. The maximum atomic E-state index is 12.9. The Morgan fingerprint density at radius 2 is 1.76 bits per heavy atom. The van der Waals surface area contributed by atoms with Crippen molar-refractivity contribution >= 4 is 17.5 Å². The average Bonchev–Trinajstić information content (AvgIpc) is 2.73. The molecule has 0 radical (unpaired) electrons. The summed E-state index contributed by atoms with van der Waals surface area (Å²) in [5.74, 6) is 1.45. The highest BCUT2D eigenvalue weighted by Crippen LogP contribution is 2.36. The summed E-state index contributed by atoms with van der Waals surface area (Å²) in [6.07, 6.45) is 0. The van der Waals surface area contributed by atoms with Crippen LogP contribution in [0.4, 0.5) is 0 Å². The molecular weight excluding hydrogens is 388 g/mol. The Kier molecular flexibility index (Phi) is 7.04. The van der Waals surface area contributed by atoms with Gasteiger partial charge in [0, 0.05) is 11.1 Å². The minimum Gasteiger partial charge on any atom is -0.493 e. The van der Waals surface area contributed by atoms with Gasteiger partial charge in [0.15, 0.2) is 11.5 Å². The van der Waals surface area contributed by atoms with E-state index >= 15 is 0 Å². The maximum Gasteiger partial charge on any atom is 0.254 e. The van der Waals surface area contributed by atoms with E-state index in [-0.39, 0.29) is 5.91 Å². The van der Waals surface area contributed by atoms with Crippen LogP contribution in [0.25, 0.3) is 0 Å². The van der Waals surface area contributed by atoms with Gasteiger partial charge in [0.1, 0.15) is 6.54 Å². The van der Waals surface area contributed by atoms with Crippen molar-refractivity contribution in [3.8, 4) is 11.5 Å². The molecule has 1 amide bonds. The monoisotopic (exact) mass is 417 g/mol. The van der Waals surface area contributed by atoms with Gasteiger partial charge in [-0.15, -0.1) is 0 Å². The van der Waals surface area contributed by atoms with E-state index in [1.807, 2.05) is 4.90 Å². The van der Waals surface area contributed by atoms with Gasteiger partial charge in [0.05, 0.1) is 45.4 Å². The van der Waals surface area contributed by atoms with Crippen molar-refractivity contribution in [2.24, 2.45) is 0 Å². The molecule has 0 aliphatic carbocycles. The van der Waals surface area contributed by atoms with Crippen LogP contribution in [0.2, 0.25) is 5.02 Å². The fraction of sp³-hybridized carbons (Fsp3) is 0.435. The molecule has 1 aliphatic heterocycles. The third-order valence-electron chi connectivity index (χ3n) is 5.54. The summed E-state index contributed by atoms with van der Waals surface area (Å²) < 4.78 is 10.6. The van der Waals surface area contributed by atoms with Gasteiger partial charge in [0.25, 0.3) is 5.91 Å². The smallest absolute Gasteiger partial charge is 0.254 e. The predicted octanol–water partition coefficient (Wildman–Crippen LogP) is 3.02. The number of carbonyl (C=O) groups is 1. The third-order valence-corrected chi connectivity index (χ3v) is 5.82. The Morgan fingerprint density at radius 3 is 2.31 bits per heavy atom. The molecule has 0 atom stereocenters. The van der Waals surface area contributed by atoms with Crippen LogP contribution in [0, 0.1) is 0 Å². The molecule has 156 valence electrons. The largest absolute Gasteiger partial charge is 0.493 e. The van der Waals surface area contributed by atoms with Gasteiger partial charge in [-0.3, -0.25) is 4.79 Å². The number of quaternary nitrogens is 1. The van der Waals surface area contributed by atoms with Crippen LogP contribution in [-0.4, -0.2) is 51.2 Å². The molecule has 6 heteroatoms. The predicted molar refractivity (Wildman–Crippen MR) is 115 cm³/mol. The molecule has 0 unspecified atom stereocenters. The number of hydrogen-bond donors (Lipinski definition) is 1. The molecule has 0 bridgehead atoms. The van der Waals surface area contributed by atoms with Gasteiger partial charge in [0.2, 0.25) is 0 Å². The molecule has 1 saturated heterocycles. The lowest BCUT2D eigenvalue weighted by Gasteiger charge is -2.32. The van der Waals surface area contributed by atoms with Crippen LogP contribution in [0.1, 0.15) is 41.3 Å². The molecule has 29 heavy (non-hydrogen) atoms. The van der Waals surface area contributed by atoms with Crippen LogP contribution in [0.5, 0.6) is 11.5 Å². The fourth-order valence-electron chi connectivity index (χ4n) is 3.74. The van der Waals surface area contributed by atoms with E-state index in [1.54, 1.807) is 12.1 Å². The van der Waals surface area contributed by atoms with Gasteiger partial charge >= 0.3 is 0 Å². The van der Waals surface area contributed by atoms with E-state index in [0.717, 1.165) is 32.7 Å². The summed E-state index contributed by atoms with van der Waals surface area (Å²) in [5.41, 5.74) is 3.24. The first-order chi connectivity index (χ1) is 13.9.